The quantitative estimate of drug-likeness (QED) is 0.257. The third-order valence-corrected chi connectivity index (χ3v) is 5.20. The van der Waals surface area contributed by atoms with Crippen molar-refractivity contribution in [1.29, 1.82) is 0 Å². The number of aryl methyl sites for hydroxylation is 1. The molecule has 0 atom stereocenters. The van der Waals surface area contributed by atoms with Crippen molar-refractivity contribution < 1.29 is 5.11 Å². The maximum absolute atomic E-state index is 10.3. The lowest BCUT2D eigenvalue weighted by molar-refractivity contribution is 0.477. The van der Waals surface area contributed by atoms with E-state index in [-0.39, 0.29) is 5.75 Å². The van der Waals surface area contributed by atoms with Gasteiger partial charge in [0, 0.05) is 11.5 Å². The first-order chi connectivity index (χ1) is 15.3. The Morgan fingerprint density at radius 2 is 1.44 bits per heavy atom. The summed E-state index contributed by atoms with van der Waals surface area (Å²) < 4.78 is 0.717. The van der Waals surface area contributed by atoms with Crippen LogP contribution in [0.2, 0.25) is 0 Å². The van der Waals surface area contributed by atoms with Crippen LogP contribution in [0, 0.1) is 6.92 Å². The minimum Gasteiger partial charge on any atom is -0.506 e. The second-order valence-electron chi connectivity index (χ2n) is 8.56. The zero-order valence-corrected chi connectivity index (χ0v) is 18.7. The molecule has 0 heterocycles. The van der Waals surface area contributed by atoms with Gasteiger partial charge in [-0.25, -0.2) is 0 Å². The van der Waals surface area contributed by atoms with Crippen LogP contribution in [-0.2, 0) is 0 Å². The lowest BCUT2D eigenvalue weighted by Crippen LogP contribution is -2.34. The van der Waals surface area contributed by atoms with Gasteiger partial charge >= 0.3 is 0 Å². The Hall–Kier alpha value is -3.90. The van der Waals surface area contributed by atoms with Crippen molar-refractivity contribution in [3.63, 3.8) is 0 Å². The zero-order valence-electron chi connectivity index (χ0n) is 18.7. The Morgan fingerprint density at radius 3 is 2.22 bits per heavy atom. The first-order valence-electron chi connectivity index (χ1n) is 10.4. The lowest BCUT2D eigenvalue weighted by Gasteiger charge is -2.23. The highest BCUT2D eigenvalue weighted by atomic mass is 16.3. The van der Waals surface area contributed by atoms with Crippen LogP contribution in [0.5, 0.6) is 5.75 Å². The molecule has 0 aromatic heterocycles. The highest BCUT2D eigenvalue weighted by molar-refractivity contribution is 5.95. The molecular formula is C26H26N5O+. The normalized spacial score (nSPS) is 12.2. The fourth-order valence-corrected chi connectivity index (χ4v) is 3.35. The lowest BCUT2D eigenvalue weighted by atomic mass is 10.1. The van der Waals surface area contributed by atoms with Gasteiger partial charge in [0.05, 0.1) is 38.2 Å². The molecule has 160 valence electrons. The number of phenols is 1. The van der Waals surface area contributed by atoms with E-state index in [9.17, 15) is 5.11 Å². The molecule has 0 saturated heterocycles. The molecule has 0 saturated carbocycles. The standard InChI is InChI=1S/C26H25N5O/c1-18-16-21(28-30-26-23-11-6-5-8-19(23)12-15-25(26)32)13-14-24(18)29-27-20-9-7-10-22(17-20)31(2,3)4/h5-17H,1-4H3/p+1. The van der Waals surface area contributed by atoms with Gasteiger partial charge in [-0.15, -0.1) is 5.11 Å². The predicted molar refractivity (Wildman–Crippen MR) is 131 cm³/mol. The number of azo groups is 2. The van der Waals surface area contributed by atoms with Crippen LogP contribution < -0.4 is 4.48 Å². The molecule has 0 bridgehead atoms. The van der Waals surface area contributed by atoms with Crippen LogP contribution >= 0.6 is 0 Å². The maximum Gasteiger partial charge on any atom is 0.143 e. The largest absolute Gasteiger partial charge is 0.506 e. The number of quaternary nitrogens is 1. The van der Waals surface area contributed by atoms with Gasteiger partial charge in [-0.3, -0.25) is 4.48 Å². The molecule has 32 heavy (non-hydrogen) atoms. The van der Waals surface area contributed by atoms with E-state index in [1.54, 1.807) is 6.07 Å². The van der Waals surface area contributed by atoms with Crippen molar-refractivity contribution >= 4 is 39.2 Å². The number of rotatable bonds is 5. The zero-order chi connectivity index (χ0) is 22.7. The molecule has 0 fully saturated rings. The summed E-state index contributed by atoms with van der Waals surface area (Å²) in [4.78, 5) is 0. The van der Waals surface area contributed by atoms with Crippen molar-refractivity contribution in [2.75, 3.05) is 21.1 Å². The number of hydrogen-bond acceptors (Lipinski definition) is 5. The van der Waals surface area contributed by atoms with E-state index in [4.69, 9.17) is 0 Å². The van der Waals surface area contributed by atoms with Crippen LogP contribution in [0.25, 0.3) is 10.8 Å². The third-order valence-electron chi connectivity index (χ3n) is 5.20. The van der Waals surface area contributed by atoms with Crippen molar-refractivity contribution in [1.82, 2.24) is 4.48 Å². The topological polar surface area (TPSA) is 69.7 Å². The van der Waals surface area contributed by atoms with Crippen molar-refractivity contribution in [2.45, 2.75) is 6.92 Å². The van der Waals surface area contributed by atoms with E-state index in [2.05, 4.69) is 47.7 Å². The summed E-state index contributed by atoms with van der Waals surface area (Å²) in [6, 6.07) is 25.0. The Morgan fingerprint density at radius 1 is 0.688 bits per heavy atom. The second-order valence-corrected chi connectivity index (χ2v) is 8.56. The van der Waals surface area contributed by atoms with E-state index in [1.165, 1.54) is 0 Å². The highest BCUT2D eigenvalue weighted by Gasteiger charge is 2.12. The molecule has 0 radical (unpaired) electrons. The summed E-state index contributed by atoms with van der Waals surface area (Å²) in [7, 11) is 6.35. The van der Waals surface area contributed by atoms with E-state index in [0.717, 1.165) is 33.4 Å². The summed E-state index contributed by atoms with van der Waals surface area (Å²) in [5.74, 6) is 0.103. The van der Waals surface area contributed by atoms with Gasteiger partial charge in [0.15, 0.2) is 0 Å². The van der Waals surface area contributed by atoms with E-state index < -0.39 is 0 Å². The first-order valence-corrected chi connectivity index (χ1v) is 10.4. The average molecular weight is 425 g/mol. The number of aromatic hydroxyl groups is 1. The van der Waals surface area contributed by atoms with Gasteiger partial charge in [-0.2, -0.15) is 15.3 Å². The van der Waals surface area contributed by atoms with Crippen molar-refractivity contribution in [2.24, 2.45) is 20.5 Å². The highest BCUT2D eigenvalue weighted by Crippen LogP contribution is 2.36. The first kappa shape index (κ1) is 21.3. The number of benzene rings is 4. The van der Waals surface area contributed by atoms with Gasteiger partial charge in [0.2, 0.25) is 0 Å². The number of nitrogens with zero attached hydrogens (tertiary/aromatic N) is 5. The fraction of sp³-hybridized carbons (Fsp3) is 0.154. The molecule has 0 amide bonds. The number of hydrogen-bond donors (Lipinski definition) is 1. The molecule has 0 spiro atoms. The summed E-state index contributed by atoms with van der Waals surface area (Å²) in [6.07, 6.45) is 0. The minimum absolute atomic E-state index is 0.103. The smallest absolute Gasteiger partial charge is 0.143 e. The van der Waals surface area contributed by atoms with Gasteiger partial charge in [0.1, 0.15) is 17.1 Å². The van der Waals surface area contributed by atoms with Crippen LogP contribution in [0.15, 0.2) is 99.3 Å². The molecule has 0 unspecified atom stereocenters. The summed E-state index contributed by atoms with van der Waals surface area (Å²) >= 11 is 0. The molecule has 6 nitrogen and oxygen atoms in total. The van der Waals surface area contributed by atoms with Crippen molar-refractivity contribution in [3.8, 4) is 5.75 Å². The van der Waals surface area contributed by atoms with Crippen LogP contribution in [0.4, 0.5) is 28.4 Å². The van der Waals surface area contributed by atoms with Crippen LogP contribution in [0.3, 0.4) is 0 Å². The molecule has 0 aliphatic rings. The maximum atomic E-state index is 10.3. The van der Waals surface area contributed by atoms with E-state index in [0.29, 0.717) is 15.9 Å². The SMILES string of the molecule is Cc1cc(N=Nc2c(O)ccc3ccccc23)ccc1N=Nc1cccc([N+](C)(C)C)c1. The third kappa shape index (κ3) is 4.71. The molecule has 4 rings (SSSR count). The molecular weight excluding hydrogens is 398 g/mol. The number of fused-ring (bicyclic) bond motifs is 1. The van der Waals surface area contributed by atoms with Gasteiger partial charge < -0.3 is 5.11 Å². The summed E-state index contributed by atoms with van der Waals surface area (Å²) in [5.41, 5.74) is 4.82. The van der Waals surface area contributed by atoms with E-state index >= 15 is 0 Å². The second kappa shape index (κ2) is 8.69. The molecule has 4 aromatic rings. The monoisotopic (exact) mass is 424 g/mol. The Labute approximate surface area is 187 Å². The van der Waals surface area contributed by atoms with Crippen LogP contribution in [0.1, 0.15) is 5.56 Å². The van der Waals surface area contributed by atoms with Gasteiger partial charge in [-0.05, 0) is 54.3 Å². The van der Waals surface area contributed by atoms with Crippen LogP contribution in [-0.4, -0.2) is 26.2 Å². The van der Waals surface area contributed by atoms with Gasteiger partial charge in [0.25, 0.3) is 0 Å². The Bertz CT molecular complexity index is 1340. The summed E-state index contributed by atoms with van der Waals surface area (Å²) in [5, 5.41) is 29.6. The fourth-order valence-electron chi connectivity index (χ4n) is 3.35. The average Bonchev–Trinajstić information content (AvgIpc) is 2.77. The molecule has 4 aromatic carbocycles. The number of phenolic OH excluding ortho intramolecular Hbond substituents is 1. The predicted octanol–water partition coefficient (Wildman–Crippen LogP) is 7.88. The van der Waals surface area contributed by atoms with E-state index in [1.807, 2.05) is 73.7 Å². The molecule has 1 N–H and O–H groups in total. The molecule has 6 heteroatoms. The van der Waals surface area contributed by atoms with Crippen molar-refractivity contribution in [3.05, 3.63) is 84.4 Å². The Balaban J connectivity index is 1.57. The minimum atomic E-state index is 0.103. The Kier molecular flexibility index (Phi) is 5.79. The summed E-state index contributed by atoms with van der Waals surface area (Å²) in [6.45, 7) is 1.96. The molecule has 0 aliphatic carbocycles. The molecule has 0 aliphatic heterocycles. The van der Waals surface area contributed by atoms with Gasteiger partial charge in [-0.1, -0.05) is 36.4 Å².